The van der Waals surface area contributed by atoms with Gasteiger partial charge in [0, 0.05) is 17.7 Å². The molecule has 1 aliphatic heterocycles. The first-order chi connectivity index (χ1) is 10.9. The van der Waals surface area contributed by atoms with Crippen molar-refractivity contribution in [2.45, 2.75) is 0 Å². The Kier molecular flexibility index (Phi) is 4.20. The lowest BCUT2D eigenvalue weighted by atomic mass is 10.1. The summed E-state index contributed by atoms with van der Waals surface area (Å²) in [6.45, 7) is 0. The fraction of sp³-hybridized carbons (Fsp3) is 0. The van der Waals surface area contributed by atoms with Gasteiger partial charge in [-0.05, 0) is 24.3 Å². The van der Waals surface area contributed by atoms with E-state index in [-0.39, 0.29) is 16.6 Å². The van der Waals surface area contributed by atoms with Crippen LogP contribution in [0.1, 0.15) is 5.76 Å². The first-order valence-electron chi connectivity index (χ1n) is 6.23. The topological polar surface area (TPSA) is 85.4 Å². The number of amides is 1. The number of thiocarbonyl (C=S) groups is 1. The number of hydrogen-bond acceptors (Lipinski definition) is 6. The zero-order valence-corrected chi connectivity index (χ0v) is 13.6. The minimum atomic E-state index is -0.553. The van der Waals surface area contributed by atoms with Crippen LogP contribution in [0.4, 0.5) is 5.69 Å². The number of nitrogens with one attached hydrogen (secondary N) is 1. The summed E-state index contributed by atoms with van der Waals surface area (Å²) in [6, 6.07) is 7.71. The van der Waals surface area contributed by atoms with Gasteiger partial charge in [0.2, 0.25) is 0 Å². The molecule has 1 fully saturated rings. The molecule has 1 aliphatic rings. The van der Waals surface area contributed by atoms with Crippen LogP contribution in [0.15, 0.2) is 39.7 Å². The third kappa shape index (κ3) is 3.29. The lowest BCUT2D eigenvalue weighted by Crippen LogP contribution is -2.17. The van der Waals surface area contributed by atoms with Crippen molar-refractivity contribution in [3.05, 3.63) is 56.1 Å². The summed E-state index contributed by atoms with van der Waals surface area (Å²) in [6.07, 6.45) is 1.58. The third-order valence-electron chi connectivity index (χ3n) is 2.97. The smallest absolute Gasteiger partial charge is 0.287 e. The first-order valence-corrected chi connectivity index (χ1v) is 7.83. The predicted octanol–water partition coefficient (Wildman–Crippen LogP) is 4.00. The highest BCUT2D eigenvalue weighted by molar-refractivity contribution is 8.26. The summed E-state index contributed by atoms with van der Waals surface area (Å²) in [5.74, 6) is 0.688. The van der Waals surface area contributed by atoms with Crippen LogP contribution in [0.25, 0.3) is 17.4 Å². The minimum Gasteiger partial charge on any atom is -0.457 e. The fourth-order valence-electron chi connectivity index (χ4n) is 1.94. The van der Waals surface area contributed by atoms with Gasteiger partial charge in [0.05, 0.1) is 9.83 Å². The normalized spacial score (nSPS) is 16.0. The molecule has 0 atom stereocenters. The van der Waals surface area contributed by atoms with Crippen molar-refractivity contribution in [1.82, 2.24) is 5.32 Å². The number of nitro benzene ring substituents is 1. The van der Waals surface area contributed by atoms with Crippen LogP contribution < -0.4 is 5.32 Å². The van der Waals surface area contributed by atoms with E-state index in [0.717, 1.165) is 11.8 Å². The van der Waals surface area contributed by atoms with Crippen molar-refractivity contribution in [1.29, 1.82) is 0 Å². The molecule has 2 aromatic rings. The van der Waals surface area contributed by atoms with Crippen molar-refractivity contribution < 1.29 is 14.1 Å². The number of furan rings is 1. The third-order valence-corrected chi connectivity index (χ3v) is 4.44. The molecule has 0 unspecified atom stereocenters. The van der Waals surface area contributed by atoms with Crippen LogP contribution >= 0.6 is 35.6 Å². The van der Waals surface area contributed by atoms with Crippen LogP contribution in [0.5, 0.6) is 0 Å². The van der Waals surface area contributed by atoms with Gasteiger partial charge >= 0.3 is 0 Å². The molecule has 1 N–H and O–H groups in total. The summed E-state index contributed by atoms with van der Waals surface area (Å²) < 4.78 is 6.03. The molecule has 2 heterocycles. The van der Waals surface area contributed by atoms with Gasteiger partial charge in [-0.25, -0.2) is 0 Å². The molecule has 0 spiro atoms. The van der Waals surface area contributed by atoms with Crippen LogP contribution in [0.2, 0.25) is 5.02 Å². The summed E-state index contributed by atoms with van der Waals surface area (Å²) in [4.78, 5) is 22.3. The maximum atomic E-state index is 11.6. The molecule has 1 aromatic heterocycles. The SMILES string of the molecule is O=C1NC(=S)S/C1=C/c1ccc(-c2ccc([N+](=O)[O-])c(Cl)c2)o1. The molecule has 3 rings (SSSR count). The molecule has 1 saturated heterocycles. The average molecular weight is 367 g/mol. The summed E-state index contributed by atoms with van der Waals surface area (Å²) in [5.41, 5.74) is 0.432. The van der Waals surface area contributed by atoms with Gasteiger partial charge in [0.1, 0.15) is 20.9 Å². The Morgan fingerprint density at radius 1 is 1.35 bits per heavy atom. The van der Waals surface area contributed by atoms with Gasteiger partial charge in [0.25, 0.3) is 11.6 Å². The van der Waals surface area contributed by atoms with E-state index < -0.39 is 4.92 Å². The van der Waals surface area contributed by atoms with E-state index in [2.05, 4.69) is 5.32 Å². The van der Waals surface area contributed by atoms with Crippen LogP contribution in [0.3, 0.4) is 0 Å². The number of hydrogen-bond donors (Lipinski definition) is 1. The molecule has 0 bridgehead atoms. The van der Waals surface area contributed by atoms with Gasteiger partial charge in [0.15, 0.2) is 0 Å². The molecule has 23 heavy (non-hydrogen) atoms. The number of nitro groups is 1. The number of rotatable bonds is 3. The first kappa shape index (κ1) is 15.7. The number of benzene rings is 1. The fourth-order valence-corrected chi connectivity index (χ4v) is 3.22. The van der Waals surface area contributed by atoms with E-state index in [9.17, 15) is 14.9 Å². The molecule has 0 radical (unpaired) electrons. The number of halogens is 1. The van der Waals surface area contributed by atoms with E-state index in [1.165, 1.54) is 12.1 Å². The van der Waals surface area contributed by atoms with Gasteiger partial charge in [-0.3, -0.25) is 14.9 Å². The van der Waals surface area contributed by atoms with E-state index in [1.807, 2.05) is 0 Å². The van der Waals surface area contributed by atoms with E-state index in [0.29, 0.717) is 26.3 Å². The minimum absolute atomic E-state index is 0.0277. The van der Waals surface area contributed by atoms with Gasteiger partial charge in [-0.2, -0.15) is 0 Å². The van der Waals surface area contributed by atoms with E-state index in [4.69, 9.17) is 28.2 Å². The Bertz CT molecular complexity index is 875. The van der Waals surface area contributed by atoms with Crippen molar-refractivity contribution >= 4 is 57.6 Å². The Hall–Kier alpha value is -2.16. The second-order valence-corrected chi connectivity index (χ2v) is 6.60. The Labute approximate surface area is 144 Å². The maximum Gasteiger partial charge on any atom is 0.287 e. The van der Waals surface area contributed by atoms with Crippen molar-refractivity contribution in [3.63, 3.8) is 0 Å². The van der Waals surface area contributed by atoms with E-state index in [1.54, 1.807) is 24.3 Å². The van der Waals surface area contributed by atoms with Crippen LogP contribution in [-0.4, -0.2) is 15.2 Å². The van der Waals surface area contributed by atoms with Gasteiger partial charge in [-0.15, -0.1) is 0 Å². The Morgan fingerprint density at radius 3 is 2.74 bits per heavy atom. The molecule has 0 saturated carbocycles. The molecular formula is C14H7ClN2O4S2. The zero-order chi connectivity index (χ0) is 16.6. The molecule has 1 amide bonds. The second kappa shape index (κ2) is 6.15. The monoisotopic (exact) mass is 366 g/mol. The lowest BCUT2D eigenvalue weighted by Gasteiger charge is -1.99. The number of thioether (sulfide) groups is 1. The van der Waals surface area contributed by atoms with Crippen molar-refractivity contribution in [2.75, 3.05) is 0 Å². The summed E-state index contributed by atoms with van der Waals surface area (Å²) in [5, 5.41) is 13.3. The summed E-state index contributed by atoms with van der Waals surface area (Å²) in [7, 11) is 0. The van der Waals surface area contributed by atoms with Gasteiger partial charge in [-0.1, -0.05) is 35.6 Å². The van der Waals surface area contributed by atoms with Crippen molar-refractivity contribution in [3.8, 4) is 11.3 Å². The highest BCUT2D eigenvalue weighted by Gasteiger charge is 2.22. The number of carbonyl (C=O) groups is 1. The molecule has 1 aromatic carbocycles. The molecule has 0 aliphatic carbocycles. The highest BCUT2D eigenvalue weighted by Crippen LogP contribution is 2.32. The van der Waals surface area contributed by atoms with E-state index >= 15 is 0 Å². The number of carbonyl (C=O) groups excluding carboxylic acids is 1. The quantitative estimate of drug-likeness (QED) is 0.382. The largest absolute Gasteiger partial charge is 0.457 e. The van der Waals surface area contributed by atoms with Crippen LogP contribution in [-0.2, 0) is 4.79 Å². The Balaban J connectivity index is 1.89. The summed E-state index contributed by atoms with van der Waals surface area (Å²) >= 11 is 12.0. The molecule has 9 heteroatoms. The molecular weight excluding hydrogens is 360 g/mol. The maximum absolute atomic E-state index is 11.6. The Morgan fingerprint density at radius 2 is 2.13 bits per heavy atom. The zero-order valence-electron chi connectivity index (χ0n) is 11.2. The van der Waals surface area contributed by atoms with Crippen LogP contribution in [0, 0.1) is 10.1 Å². The standard InChI is InChI=1S/C14H7ClN2O4S2/c15-9-5-7(1-3-10(9)17(19)20)11-4-2-8(21-11)6-12-13(18)16-14(22)23-12/h1-6H,(H,16,18,22)/b12-6+. The predicted molar refractivity (Wildman–Crippen MR) is 92.1 cm³/mol. The van der Waals surface area contributed by atoms with Gasteiger partial charge < -0.3 is 9.73 Å². The van der Waals surface area contributed by atoms with Crippen molar-refractivity contribution in [2.24, 2.45) is 0 Å². The average Bonchev–Trinajstić information content (AvgIpc) is 3.06. The highest BCUT2D eigenvalue weighted by atomic mass is 35.5. The second-order valence-electron chi connectivity index (χ2n) is 4.48. The molecule has 6 nitrogen and oxygen atoms in total. The lowest BCUT2D eigenvalue weighted by molar-refractivity contribution is -0.384. The molecule has 116 valence electrons. The number of nitrogens with zero attached hydrogens (tertiary/aromatic N) is 1.